The van der Waals surface area contributed by atoms with Crippen LogP contribution in [0.4, 0.5) is 0 Å². The van der Waals surface area contributed by atoms with Gasteiger partial charge in [-0.2, -0.15) is 0 Å². The maximum Gasteiger partial charge on any atom is 0.353 e. The van der Waals surface area contributed by atoms with Gasteiger partial charge in [0.2, 0.25) is 6.10 Å². The molecule has 0 aliphatic carbocycles. The fourth-order valence-corrected chi connectivity index (χ4v) is 2.66. The summed E-state index contributed by atoms with van der Waals surface area (Å²) >= 11 is 1.63. The highest BCUT2D eigenvalue weighted by Crippen LogP contribution is 2.20. The van der Waals surface area contributed by atoms with E-state index in [1.54, 1.807) is 11.3 Å². The summed E-state index contributed by atoms with van der Waals surface area (Å²) in [6.45, 7) is 4.46. The van der Waals surface area contributed by atoms with Crippen molar-refractivity contribution < 1.29 is 19.5 Å². The monoisotopic (exact) mass is 282 g/mol. The van der Waals surface area contributed by atoms with Gasteiger partial charge in [0.1, 0.15) is 0 Å². The van der Waals surface area contributed by atoms with E-state index >= 15 is 0 Å². The quantitative estimate of drug-likeness (QED) is 0.869. The number of carboxylic acid groups (broad SMARTS) is 1. The van der Waals surface area contributed by atoms with Crippen LogP contribution < -0.4 is 5.32 Å². The van der Waals surface area contributed by atoms with Crippen LogP contribution in [-0.4, -0.2) is 28.8 Å². The molecule has 0 radical (unpaired) electrons. The normalized spacial score (nSPS) is 17.8. The zero-order valence-corrected chi connectivity index (χ0v) is 11.4. The number of aliphatic carboxylic acids is 1. The first-order valence-corrected chi connectivity index (χ1v) is 6.58. The van der Waals surface area contributed by atoms with E-state index in [0.717, 1.165) is 4.88 Å². The molecule has 1 aromatic heterocycles. The highest BCUT2D eigenvalue weighted by molar-refractivity contribution is 7.12. The van der Waals surface area contributed by atoms with Crippen molar-refractivity contribution in [1.29, 1.82) is 0 Å². The van der Waals surface area contributed by atoms with Gasteiger partial charge in [0.25, 0.3) is 5.91 Å². The number of thiophene rings is 1. The number of nitrogens with one attached hydrogen (secondary N) is 1. The fraction of sp³-hybridized carbons (Fsp3) is 0.417. The van der Waals surface area contributed by atoms with E-state index < -0.39 is 12.1 Å². The van der Waals surface area contributed by atoms with Crippen molar-refractivity contribution in [3.05, 3.63) is 21.4 Å². The molecule has 0 spiro atoms. The number of carbonyl (C=O) groups is 2. The average molecular weight is 282 g/mol. The van der Waals surface area contributed by atoms with Gasteiger partial charge in [-0.05, 0) is 25.5 Å². The Hall–Kier alpha value is -1.89. The molecule has 1 atom stereocenters. The summed E-state index contributed by atoms with van der Waals surface area (Å²) in [5.41, 5.74) is 1.07. The van der Waals surface area contributed by atoms with Crippen molar-refractivity contribution >= 4 is 28.9 Å². The fourth-order valence-electron chi connectivity index (χ4n) is 1.67. The number of rotatable bonds is 4. The molecule has 19 heavy (non-hydrogen) atoms. The van der Waals surface area contributed by atoms with Gasteiger partial charge < -0.3 is 15.3 Å². The van der Waals surface area contributed by atoms with Crippen LogP contribution in [0.2, 0.25) is 0 Å². The van der Waals surface area contributed by atoms with Gasteiger partial charge in [0.15, 0.2) is 5.71 Å². The van der Waals surface area contributed by atoms with Gasteiger partial charge in [0.05, 0.1) is 6.54 Å². The molecule has 1 aromatic rings. The Bertz CT molecular complexity index is 530. The molecule has 1 aliphatic heterocycles. The predicted octanol–water partition coefficient (Wildman–Crippen LogP) is 1.21. The van der Waals surface area contributed by atoms with Crippen molar-refractivity contribution in [2.24, 2.45) is 5.16 Å². The van der Waals surface area contributed by atoms with Crippen LogP contribution in [0.1, 0.15) is 21.7 Å². The van der Waals surface area contributed by atoms with Crippen molar-refractivity contribution in [2.75, 3.05) is 0 Å². The molecule has 0 saturated carbocycles. The molecular weight excluding hydrogens is 268 g/mol. The van der Waals surface area contributed by atoms with Gasteiger partial charge in [-0.3, -0.25) is 4.79 Å². The lowest BCUT2D eigenvalue weighted by Crippen LogP contribution is -2.34. The van der Waals surface area contributed by atoms with Crippen LogP contribution in [-0.2, 0) is 21.0 Å². The van der Waals surface area contributed by atoms with E-state index in [1.165, 1.54) is 10.4 Å². The third-order valence-corrected chi connectivity index (χ3v) is 4.01. The summed E-state index contributed by atoms with van der Waals surface area (Å²) in [6.07, 6.45) is -0.836. The maximum atomic E-state index is 11.8. The molecule has 1 amide bonds. The number of amides is 1. The van der Waals surface area contributed by atoms with E-state index in [4.69, 9.17) is 9.94 Å². The molecule has 0 bridgehead atoms. The summed E-state index contributed by atoms with van der Waals surface area (Å²) < 4.78 is 0. The van der Waals surface area contributed by atoms with Crippen LogP contribution in [0, 0.1) is 13.8 Å². The molecule has 2 heterocycles. The SMILES string of the molecule is Cc1cc(CNC(=O)C2CC(C(=O)O)=NO2)sc1C. The van der Waals surface area contributed by atoms with Crippen LogP contribution >= 0.6 is 11.3 Å². The van der Waals surface area contributed by atoms with E-state index in [1.807, 2.05) is 19.9 Å². The summed E-state index contributed by atoms with van der Waals surface area (Å²) in [5, 5.41) is 14.8. The Morgan fingerprint density at radius 1 is 1.58 bits per heavy atom. The van der Waals surface area contributed by atoms with E-state index in [0.29, 0.717) is 6.54 Å². The number of hydrogen-bond donors (Lipinski definition) is 2. The van der Waals surface area contributed by atoms with Crippen molar-refractivity contribution in [3.63, 3.8) is 0 Å². The first-order chi connectivity index (χ1) is 8.97. The van der Waals surface area contributed by atoms with Gasteiger partial charge in [-0.1, -0.05) is 5.16 Å². The molecule has 6 nitrogen and oxygen atoms in total. The Labute approximate surface area is 114 Å². The second kappa shape index (κ2) is 5.40. The van der Waals surface area contributed by atoms with Crippen LogP contribution in [0.15, 0.2) is 11.2 Å². The maximum absolute atomic E-state index is 11.8. The number of nitrogens with zero attached hydrogens (tertiary/aromatic N) is 1. The van der Waals surface area contributed by atoms with Crippen LogP contribution in [0.3, 0.4) is 0 Å². The molecule has 1 unspecified atom stereocenters. The summed E-state index contributed by atoms with van der Waals surface area (Å²) in [4.78, 5) is 29.5. The zero-order valence-electron chi connectivity index (χ0n) is 10.6. The highest BCUT2D eigenvalue weighted by Gasteiger charge is 2.31. The molecule has 0 saturated heterocycles. The first-order valence-electron chi connectivity index (χ1n) is 5.77. The zero-order chi connectivity index (χ0) is 14.0. The van der Waals surface area contributed by atoms with E-state index in [2.05, 4.69) is 10.5 Å². The molecule has 0 fully saturated rings. The molecule has 2 N–H and O–H groups in total. The lowest BCUT2D eigenvalue weighted by atomic mass is 10.1. The van der Waals surface area contributed by atoms with Crippen LogP contribution in [0.5, 0.6) is 0 Å². The highest BCUT2D eigenvalue weighted by atomic mass is 32.1. The summed E-state index contributed by atoms with van der Waals surface area (Å²) in [7, 11) is 0. The topological polar surface area (TPSA) is 88.0 Å². The Morgan fingerprint density at radius 2 is 2.32 bits per heavy atom. The molecule has 102 valence electrons. The standard InChI is InChI=1S/C12H14N2O4S/c1-6-3-8(19-7(6)2)5-13-11(15)10-4-9(12(16)17)14-18-10/h3,10H,4-5H2,1-2H3,(H,13,15)(H,16,17). The number of carboxylic acids is 1. The second-order valence-electron chi connectivity index (χ2n) is 4.31. The predicted molar refractivity (Wildman–Crippen MR) is 70.2 cm³/mol. The van der Waals surface area contributed by atoms with Gasteiger partial charge in [-0.25, -0.2) is 4.79 Å². The Balaban J connectivity index is 1.84. The minimum atomic E-state index is -1.15. The molecule has 1 aliphatic rings. The number of hydrogen-bond acceptors (Lipinski definition) is 5. The first kappa shape index (κ1) is 13.5. The van der Waals surface area contributed by atoms with Crippen molar-refractivity contribution in [3.8, 4) is 0 Å². The van der Waals surface area contributed by atoms with Crippen molar-refractivity contribution in [1.82, 2.24) is 5.32 Å². The second-order valence-corrected chi connectivity index (χ2v) is 5.65. The summed E-state index contributed by atoms with van der Waals surface area (Å²) in [6, 6.07) is 2.02. The minimum Gasteiger partial charge on any atom is -0.477 e. The van der Waals surface area contributed by atoms with E-state index in [9.17, 15) is 9.59 Å². The van der Waals surface area contributed by atoms with Crippen LogP contribution in [0.25, 0.3) is 0 Å². The summed E-state index contributed by atoms with van der Waals surface area (Å²) in [5.74, 6) is -1.50. The van der Waals surface area contributed by atoms with Gasteiger partial charge >= 0.3 is 5.97 Å². The van der Waals surface area contributed by atoms with Gasteiger partial charge in [0, 0.05) is 16.2 Å². The number of oxime groups is 1. The van der Waals surface area contributed by atoms with E-state index in [-0.39, 0.29) is 18.0 Å². The number of aryl methyl sites for hydroxylation is 2. The lowest BCUT2D eigenvalue weighted by Gasteiger charge is -2.08. The molecule has 0 aromatic carbocycles. The number of carbonyl (C=O) groups excluding carboxylic acids is 1. The largest absolute Gasteiger partial charge is 0.477 e. The van der Waals surface area contributed by atoms with Gasteiger partial charge in [-0.15, -0.1) is 11.3 Å². The van der Waals surface area contributed by atoms with Crippen molar-refractivity contribution in [2.45, 2.75) is 32.9 Å². The smallest absolute Gasteiger partial charge is 0.353 e. The third-order valence-electron chi connectivity index (χ3n) is 2.86. The third kappa shape index (κ3) is 3.11. The average Bonchev–Trinajstić information content (AvgIpc) is 2.95. The molecule has 7 heteroatoms. The minimum absolute atomic E-state index is 0.00363. The Morgan fingerprint density at radius 3 is 2.84 bits per heavy atom. The molecule has 2 rings (SSSR count). The molecular formula is C12H14N2O4S. The lowest BCUT2D eigenvalue weighted by molar-refractivity contribution is -0.131. The Kier molecular flexibility index (Phi) is 3.84.